The third-order valence-electron chi connectivity index (χ3n) is 2.30. The maximum absolute atomic E-state index is 10.6. The third kappa shape index (κ3) is 12.8. The van der Waals surface area contributed by atoms with Crippen molar-refractivity contribution in [2.75, 3.05) is 26.9 Å². The van der Waals surface area contributed by atoms with Crippen molar-refractivity contribution in [3.8, 4) is 0 Å². The molecule has 0 saturated heterocycles. The first-order valence-electron chi connectivity index (χ1n) is 6.93. The number of hydrogen-bond donors (Lipinski definition) is 0. The van der Waals surface area contributed by atoms with Crippen LogP contribution in [0.5, 0.6) is 0 Å². The number of rotatable bonds is 8. The van der Waals surface area contributed by atoms with E-state index in [1.54, 1.807) is 13.2 Å². The quantitative estimate of drug-likeness (QED) is 0.419. The molecular formula is C18H22O5. The summed E-state index contributed by atoms with van der Waals surface area (Å²) in [6.07, 6.45) is 5.96. The fourth-order valence-electron chi connectivity index (χ4n) is 1.22. The van der Waals surface area contributed by atoms with E-state index in [9.17, 15) is 9.59 Å². The molecule has 1 aromatic rings. The Hall–Kier alpha value is -2.66. The first-order valence-corrected chi connectivity index (χ1v) is 6.93. The van der Waals surface area contributed by atoms with E-state index in [-0.39, 0.29) is 6.61 Å². The average Bonchev–Trinajstić information content (AvgIpc) is 2.60. The second kappa shape index (κ2) is 14.3. The first-order chi connectivity index (χ1) is 11.1. The van der Waals surface area contributed by atoms with Crippen LogP contribution < -0.4 is 0 Å². The van der Waals surface area contributed by atoms with Crippen molar-refractivity contribution in [3.63, 3.8) is 0 Å². The number of benzene rings is 1. The van der Waals surface area contributed by atoms with Crippen LogP contribution in [0, 0.1) is 0 Å². The Morgan fingerprint density at radius 2 is 1.61 bits per heavy atom. The van der Waals surface area contributed by atoms with E-state index in [1.165, 1.54) is 0 Å². The molecule has 0 N–H and O–H groups in total. The molecule has 23 heavy (non-hydrogen) atoms. The van der Waals surface area contributed by atoms with Crippen LogP contribution in [0.2, 0.25) is 0 Å². The van der Waals surface area contributed by atoms with Gasteiger partial charge in [0.1, 0.15) is 13.2 Å². The van der Waals surface area contributed by atoms with Crippen LogP contribution in [-0.4, -0.2) is 38.9 Å². The van der Waals surface area contributed by atoms with Gasteiger partial charge in [-0.1, -0.05) is 49.6 Å². The Bertz CT molecular complexity index is 505. The van der Waals surface area contributed by atoms with Crippen molar-refractivity contribution in [2.24, 2.45) is 0 Å². The minimum Gasteiger partial charge on any atom is -0.460 e. The summed E-state index contributed by atoms with van der Waals surface area (Å²) in [5.41, 5.74) is 1.09. The van der Waals surface area contributed by atoms with Gasteiger partial charge < -0.3 is 14.2 Å². The van der Waals surface area contributed by atoms with E-state index in [1.807, 2.05) is 36.4 Å². The first kappa shape index (κ1) is 20.3. The van der Waals surface area contributed by atoms with Gasteiger partial charge in [-0.2, -0.15) is 0 Å². The molecule has 124 valence electrons. The molecule has 0 unspecified atom stereocenters. The third-order valence-corrected chi connectivity index (χ3v) is 2.30. The molecule has 0 radical (unpaired) electrons. The number of ether oxygens (including phenoxy) is 3. The Kier molecular flexibility index (Phi) is 12.6. The molecule has 1 rings (SSSR count). The van der Waals surface area contributed by atoms with Crippen LogP contribution in [0.1, 0.15) is 5.56 Å². The number of methoxy groups -OCH3 is 1. The molecule has 0 amide bonds. The fourth-order valence-corrected chi connectivity index (χ4v) is 1.22. The molecule has 1 aromatic carbocycles. The molecule has 0 bridgehead atoms. The second-order valence-corrected chi connectivity index (χ2v) is 4.01. The van der Waals surface area contributed by atoms with Gasteiger partial charge in [-0.3, -0.25) is 0 Å². The summed E-state index contributed by atoms with van der Waals surface area (Å²) in [6, 6.07) is 9.82. The number of carbonyl (C=O) groups excluding carboxylic acids is 2. The van der Waals surface area contributed by atoms with Gasteiger partial charge in [0.15, 0.2) is 0 Å². The topological polar surface area (TPSA) is 61.8 Å². The van der Waals surface area contributed by atoms with Crippen LogP contribution in [0.15, 0.2) is 61.7 Å². The summed E-state index contributed by atoms with van der Waals surface area (Å²) in [7, 11) is 1.54. The molecule has 0 aliphatic carbocycles. The lowest BCUT2D eigenvalue weighted by molar-refractivity contribution is -0.139. The molecule has 0 aliphatic heterocycles. The molecule has 0 heterocycles. The number of esters is 2. The largest absolute Gasteiger partial charge is 0.460 e. The Labute approximate surface area is 136 Å². The van der Waals surface area contributed by atoms with Crippen molar-refractivity contribution in [3.05, 3.63) is 67.3 Å². The minimum absolute atomic E-state index is 0.278. The number of carbonyl (C=O) groups is 2. The summed E-state index contributed by atoms with van der Waals surface area (Å²) >= 11 is 0. The smallest absolute Gasteiger partial charge is 0.330 e. The molecule has 0 aromatic heterocycles. The molecular weight excluding hydrogens is 296 g/mol. The van der Waals surface area contributed by atoms with Gasteiger partial charge in [-0.05, 0) is 11.6 Å². The Morgan fingerprint density at radius 1 is 1.00 bits per heavy atom. The van der Waals surface area contributed by atoms with Crippen molar-refractivity contribution >= 4 is 18.0 Å². The molecule has 5 heteroatoms. The van der Waals surface area contributed by atoms with E-state index in [0.29, 0.717) is 13.2 Å². The van der Waals surface area contributed by atoms with Crippen LogP contribution in [0.3, 0.4) is 0 Å². The van der Waals surface area contributed by atoms with Crippen molar-refractivity contribution < 1.29 is 23.8 Å². The van der Waals surface area contributed by atoms with Gasteiger partial charge >= 0.3 is 11.9 Å². The van der Waals surface area contributed by atoms with E-state index in [4.69, 9.17) is 4.74 Å². The zero-order valence-electron chi connectivity index (χ0n) is 13.3. The lowest BCUT2D eigenvalue weighted by atomic mass is 10.2. The molecule has 0 saturated carbocycles. The normalized spacial score (nSPS) is 9.43. The maximum atomic E-state index is 10.6. The minimum atomic E-state index is -0.410. The SMILES string of the molecule is C=CC(=O)OCC=Cc1ccccc1.C=CC(=O)OCCOC. The van der Waals surface area contributed by atoms with E-state index in [2.05, 4.69) is 22.6 Å². The van der Waals surface area contributed by atoms with Crippen LogP contribution >= 0.6 is 0 Å². The van der Waals surface area contributed by atoms with E-state index in [0.717, 1.165) is 17.7 Å². The standard InChI is InChI=1S/C12H12O2.C6H10O3/c1-2-12(13)14-10-6-9-11-7-4-3-5-8-11;1-3-6(7)9-5-4-8-2/h2-9H,1,10H2;3H,1,4-5H2,2H3. The van der Waals surface area contributed by atoms with Gasteiger partial charge in [0.05, 0.1) is 6.61 Å². The molecule has 0 fully saturated rings. The molecule has 0 spiro atoms. The fraction of sp³-hybridized carbons (Fsp3) is 0.222. The monoisotopic (exact) mass is 318 g/mol. The van der Waals surface area contributed by atoms with Gasteiger partial charge in [0.25, 0.3) is 0 Å². The highest BCUT2D eigenvalue weighted by Gasteiger charge is 1.91. The summed E-state index contributed by atoms with van der Waals surface area (Å²) in [6.45, 7) is 7.52. The maximum Gasteiger partial charge on any atom is 0.330 e. The zero-order chi connectivity index (χ0) is 17.3. The van der Waals surface area contributed by atoms with Gasteiger partial charge in [0.2, 0.25) is 0 Å². The summed E-state index contributed by atoms with van der Waals surface area (Å²) in [4.78, 5) is 20.9. The van der Waals surface area contributed by atoms with E-state index < -0.39 is 11.9 Å². The van der Waals surface area contributed by atoms with Crippen molar-refractivity contribution in [2.45, 2.75) is 0 Å². The molecule has 0 aliphatic rings. The lowest BCUT2D eigenvalue weighted by Crippen LogP contribution is -2.06. The summed E-state index contributed by atoms with van der Waals surface area (Å²) in [5.74, 6) is -0.810. The highest BCUT2D eigenvalue weighted by atomic mass is 16.6. The highest BCUT2D eigenvalue weighted by Crippen LogP contribution is 2.00. The summed E-state index contributed by atoms with van der Waals surface area (Å²) < 4.78 is 13.9. The molecule has 5 nitrogen and oxygen atoms in total. The van der Waals surface area contributed by atoms with Gasteiger partial charge in [-0.15, -0.1) is 0 Å². The van der Waals surface area contributed by atoms with Crippen LogP contribution in [0.25, 0.3) is 6.08 Å². The Balaban J connectivity index is 0.000000468. The van der Waals surface area contributed by atoms with Crippen LogP contribution in [-0.2, 0) is 23.8 Å². The van der Waals surface area contributed by atoms with E-state index >= 15 is 0 Å². The summed E-state index contributed by atoms with van der Waals surface area (Å²) in [5, 5.41) is 0. The van der Waals surface area contributed by atoms with Gasteiger partial charge in [0, 0.05) is 19.3 Å². The van der Waals surface area contributed by atoms with Gasteiger partial charge in [-0.25, -0.2) is 9.59 Å². The van der Waals surface area contributed by atoms with Crippen molar-refractivity contribution in [1.82, 2.24) is 0 Å². The van der Waals surface area contributed by atoms with Crippen LogP contribution in [0.4, 0.5) is 0 Å². The van der Waals surface area contributed by atoms with Crippen molar-refractivity contribution in [1.29, 1.82) is 0 Å². The Morgan fingerprint density at radius 3 is 2.17 bits per heavy atom. The average molecular weight is 318 g/mol. The number of hydrogen-bond acceptors (Lipinski definition) is 5. The highest BCUT2D eigenvalue weighted by molar-refractivity contribution is 5.81. The zero-order valence-corrected chi connectivity index (χ0v) is 13.3. The lowest BCUT2D eigenvalue weighted by Gasteiger charge is -1.98. The predicted octanol–water partition coefficient (Wildman–Crippen LogP) is 2.79. The second-order valence-electron chi connectivity index (χ2n) is 4.01. The predicted molar refractivity (Wildman–Crippen MR) is 89.7 cm³/mol. The molecule has 0 atom stereocenters.